The Morgan fingerprint density at radius 1 is 1.39 bits per heavy atom. The molecule has 5 N–H and O–H groups in total. The molecule has 2 rings (SSSR count). The van der Waals surface area contributed by atoms with E-state index in [0.717, 1.165) is 4.88 Å². The first-order chi connectivity index (χ1) is 8.58. The number of carbonyl (C=O) groups excluding carboxylic acids is 1. The predicted octanol–water partition coefficient (Wildman–Crippen LogP) is 2.18. The van der Waals surface area contributed by atoms with Crippen LogP contribution in [0.3, 0.4) is 0 Å². The molecular weight excluding hydrogens is 253 g/mol. The third kappa shape index (κ3) is 2.60. The number of amides is 1. The maximum absolute atomic E-state index is 13.3. The first-order valence-corrected chi connectivity index (χ1v) is 6.11. The van der Waals surface area contributed by atoms with Crippen molar-refractivity contribution in [2.45, 2.75) is 6.54 Å². The summed E-state index contributed by atoms with van der Waals surface area (Å²) in [6, 6.07) is 5.97. The summed E-state index contributed by atoms with van der Waals surface area (Å²) in [5.74, 6) is -1.41. The van der Waals surface area contributed by atoms with Gasteiger partial charge in [0.15, 0.2) is 0 Å². The van der Waals surface area contributed by atoms with Gasteiger partial charge in [-0.1, -0.05) is 0 Å². The van der Waals surface area contributed by atoms with Gasteiger partial charge in [0.1, 0.15) is 5.82 Å². The van der Waals surface area contributed by atoms with Crippen molar-refractivity contribution in [2.75, 3.05) is 11.1 Å². The van der Waals surface area contributed by atoms with Gasteiger partial charge in [-0.3, -0.25) is 4.79 Å². The smallest absolute Gasteiger partial charge is 0.251 e. The van der Waals surface area contributed by atoms with Crippen LogP contribution in [0.5, 0.6) is 0 Å². The molecule has 0 fully saturated rings. The normalized spacial score (nSPS) is 10.3. The van der Waals surface area contributed by atoms with Crippen molar-refractivity contribution in [1.29, 1.82) is 0 Å². The fourth-order valence-electron chi connectivity index (χ4n) is 1.50. The van der Waals surface area contributed by atoms with Gasteiger partial charge < -0.3 is 16.8 Å². The lowest BCUT2D eigenvalue weighted by atomic mass is 10.2. The maximum atomic E-state index is 13.3. The Labute approximate surface area is 107 Å². The van der Waals surface area contributed by atoms with Gasteiger partial charge in [-0.2, -0.15) is 0 Å². The summed E-state index contributed by atoms with van der Waals surface area (Å²) in [4.78, 5) is 12.0. The van der Waals surface area contributed by atoms with Crippen molar-refractivity contribution in [3.63, 3.8) is 0 Å². The van der Waals surface area contributed by atoms with Gasteiger partial charge >= 0.3 is 0 Å². The number of primary amides is 1. The summed E-state index contributed by atoms with van der Waals surface area (Å²) in [5.41, 5.74) is 12.0. The third-order valence-electron chi connectivity index (χ3n) is 2.46. The number of thiophene rings is 1. The topological polar surface area (TPSA) is 81.1 Å². The molecule has 2 aromatic rings. The second-order valence-corrected chi connectivity index (χ2v) is 4.71. The summed E-state index contributed by atoms with van der Waals surface area (Å²) in [6.45, 7) is 0.521. The summed E-state index contributed by atoms with van der Waals surface area (Å²) in [6.07, 6.45) is 0. The molecule has 18 heavy (non-hydrogen) atoms. The molecule has 0 saturated carbocycles. The zero-order chi connectivity index (χ0) is 13.1. The standard InChI is InChI=1S/C12H12FN3OS/c13-9-2-1-7(5-8(9)12(15)17)16-6-11-10(14)3-4-18-11/h1-5,16H,6,14H2,(H2,15,17). The van der Waals surface area contributed by atoms with Crippen LogP contribution in [-0.2, 0) is 6.54 Å². The SMILES string of the molecule is NC(=O)c1cc(NCc2sccc2N)ccc1F. The highest BCUT2D eigenvalue weighted by atomic mass is 32.1. The molecule has 4 nitrogen and oxygen atoms in total. The fourth-order valence-corrected chi connectivity index (χ4v) is 2.24. The number of carbonyl (C=O) groups is 1. The number of nitrogens with two attached hydrogens (primary N) is 2. The van der Waals surface area contributed by atoms with E-state index >= 15 is 0 Å². The molecule has 0 radical (unpaired) electrons. The van der Waals surface area contributed by atoms with Crippen LogP contribution < -0.4 is 16.8 Å². The fraction of sp³-hybridized carbons (Fsp3) is 0.0833. The molecule has 0 atom stereocenters. The van der Waals surface area contributed by atoms with E-state index in [0.29, 0.717) is 17.9 Å². The number of halogens is 1. The molecular formula is C12H12FN3OS. The molecule has 0 spiro atoms. The van der Waals surface area contributed by atoms with Crippen molar-refractivity contribution in [1.82, 2.24) is 0 Å². The molecule has 0 aliphatic carbocycles. The van der Waals surface area contributed by atoms with E-state index < -0.39 is 11.7 Å². The molecule has 1 aromatic carbocycles. The van der Waals surface area contributed by atoms with Gasteiger partial charge in [0.2, 0.25) is 0 Å². The number of rotatable bonds is 4. The molecule has 0 aliphatic rings. The molecule has 94 valence electrons. The minimum atomic E-state index is -0.785. The van der Waals surface area contributed by atoms with Crippen LogP contribution in [0, 0.1) is 5.82 Å². The zero-order valence-electron chi connectivity index (χ0n) is 9.44. The number of hydrogen-bond donors (Lipinski definition) is 3. The molecule has 1 amide bonds. The largest absolute Gasteiger partial charge is 0.398 e. The predicted molar refractivity (Wildman–Crippen MR) is 71.0 cm³/mol. The molecule has 6 heteroatoms. The van der Waals surface area contributed by atoms with E-state index in [9.17, 15) is 9.18 Å². The van der Waals surface area contributed by atoms with E-state index in [1.165, 1.54) is 23.5 Å². The van der Waals surface area contributed by atoms with E-state index in [-0.39, 0.29) is 5.56 Å². The van der Waals surface area contributed by atoms with Crippen molar-refractivity contribution < 1.29 is 9.18 Å². The highest BCUT2D eigenvalue weighted by Crippen LogP contribution is 2.21. The van der Waals surface area contributed by atoms with Crippen molar-refractivity contribution >= 4 is 28.6 Å². The van der Waals surface area contributed by atoms with Gasteiger partial charge in [0, 0.05) is 16.3 Å². The third-order valence-corrected chi connectivity index (χ3v) is 3.40. The summed E-state index contributed by atoms with van der Waals surface area (Å²) < 4.78 is 13.3. The van der Waals surface area contributed by atoms with E-state index in [4.69, 9.17) is 11.5 Å². The first kappa shape index (κ1) is 12.4. The molecule has 0 bridgehead atoms. The molecule has 0 saturated heterocycles. The van der Waals surface area contributed by atoms with Gasteiger partial charge in [-0.25, -0.2) is 4.39 Å². The van der Waals surface area contributed by atoms with Crippen molar-refractivity contribution in [2.24, 2.45) is 5.73 Å². The van der Waals surface area contributed by atoms with E-state index in [2.05, 4.69) is 5.32 Å². The minimum absolute atomic E-state index is 0.126. The Bertz CT molecular complexity index is 582. The van der Waals surface area contributed by atoms with Gasteiger partial charge in [0.25, 0.3) is 5.91 Å². The average molecular weight is 265 g/mol. The molecule has 1 aromatic heterocycles. The monoisotopic (exact) mass is 265 g/mol. The summed E-state index contributed by atoms with van der Waals surface area (Å²) in [7, 11) is 0. The second-order valence-electron chi connectivity index (χ2n) is 3.71. The number of benzene rings is 1. The maximum Gasteiger partial charge on any atom is 0.251 e. The Morgan fingerprint density at radius 2 is 2.17 bits per heavy atom. The Hall–Kier alpha value is -2.08. The lowest BCUT2D eigenvalue weighted by molar-refractivity contribution is 0.0996. The summed E-state index contributed by atoms with van der Waals surface area (Å²) >= 11 is 1.53. The minimum Gasteiger partial charge on any atom is -0.398 e. The Balaban J connectivity index is 2.13. The highest BCUT2D eigenvalue weighted by Gasteiger charge is 2.09. The average Bonchev–Trinajstić information content (AvgIpc) is 2.73. The highest BCUT2D eigenvalue weighted by molar-refractivity contribution is 7.10. The van der Waals surface area contributed by atoms with Gasteiger partial charge in [0.05, 0.1) is 12.1 Å². The number of nitrogen functional groups attached to an aromatic ring is 1. The molecule has 0 aliphatic heterocycles. The number of nitrogens with one attached hydrogen (secondary N) is 1. The zero-order valence-corrected chi connectivity index (χ0v) is 10.3. The van der Waals surface area contributed by atoms with Crippen LogP contribution in [0.25, 0.3) is 0 Å². The summed E-state index contributed by atoms with van der Waals surface area (Å²) in [5, 5.41) is 4.96. The van der Waals surface area contributed by atoms with Crippen molar-refractivity contribution in [3.8, 4) is 0 Å². The molecule has 1 heterocycles. The number of hydrogen-bond acceptors (Lipinski definition) is 4. The Kier molecular flexibility index (Phi) is 3.47. The van der Waals surface area contributed by atoms with Crippen LogP contribution in [0.4, 0.5) is 15.8 Å². The van der Waals surface area contributed by atoms with Gasteiger partial charge in [-0.05, 0) is 29.6 Å². The second kappa shape index (κ2) is 5.05. The van der Waals surface area contributed by atoms with Crippen LogP contribution in [0.2, 0.25) is 0 Å². The van der Waals surface area contributed by atoms with Crippen LogP contribution in [0.1, 0.15) is 15.2 Å². The number of anilines is 2. The first-order valence-electron chi connectivity index (χ1n) is 5.23. The molecule has 0 unspecified atom stereocenters. The van der Waals surface area contributed by atoms with E-state index in [1.807, 2.05) is 11.4 Å². The Morgan fingerprint density at radius 3 is 2.78 bits per heavy atom. The van der Waals surface area contributed by atoms with Gasteiger partial charge in [-0.15, -0.1) is 11.3 Å². The van der Waals surface area contributed by atoms with Crippen LogP contribution >= 0.6 is 11.3 Å². The van der Waals surface area contributed by atoms with Crippen molar-refractivity contribution in [3.05, 3.63) is 45.9 Å². The van der Waals surface area contributed by atoms with E-state index in [1.54, 1.807) is 6.07 Å². The van der Waals surface area contributed by atoms with Crippen LogP contribution in [-0.4, -0.2) is 5.91 Å². The quantitative estimate of drug-likeness (QED) is 0.792. The van der Waals surface area contributed by atoms with Crippen LogP contribution in [0.15, 0.2) is 29.6 Å². The lowest BCUT2D eigenvalue weighted by Crippen LogP contribution is -2.13. The lowest BCUT2D eigenvalue weighted by Gasteiger charge is -2.07.